The van der Waals surface area contributed by atoms with E-state index in [0.29, 0.717) is 36.4 Å². The summed E-state index contributed by atoms with van der Waals surface area (Å²) in [5, 5.41) is 0. The summed E-state index contributed by atoms with van der Waals surface area (Å²) in [6, 6.07) is 1.50. The van der Waals surface area contributed by atoms with Crippen molar-refractivity contribution in [3.63, 3.8) is 0 Å². The highest BCUT2D eigenvalue weighted by atomic mass is 19.4. The van der Waals surface area contributed by atoms with Gasteiger partial charge in [0.25, 0.3) is 30.0 Å². The topological polar surface area (TPSA) is 93.2 Å². The lowest BCUT2D eigenvalue weighted by Gasteiger charge is -2.28. The molecule has 0 radical (unpaired) electrons. The minimum atomic E-state index is -5.70. The zero-order valence-electron chi connectivity index (χ0n) is 22.5. The number of imide groups is 2. The molecule has 2 aromatic rings. The van der Waals surface area contributed by atoms with E-state index in [4.69, 9.17) is 0 Å². The molecule has 0 saturated carbocycles. The van der Waals surface area contributed by atoms with Crippen LogP contribution in [0.2, 0.25) is 0 Å². The number of amides is 4. The van der Waals surface area contributed by atoms with Crippen molar-refractivity contribution < 1.29 is 81.3 Å². The number of halogens is 12. The molecule has 2 heterocycles. The van der Waals surface area contributed by atoms with E-state index in [9.17, 15) is 71.9 Å². The Hall–Kier alpha value is -5.04. The molecule has 0 aliphatic carbocycles. The van der Waals surface area contributed by atoms with E-state index in [2.05, 4.69) is 9.47 Å². The molecule has 4 atom stereocenters. The number of anilines is 2. The fourth-order valence-electron chi connectivity index (χ4n) is 4.14. The quantitative estimate of drug-likeness (QED) is 0.226. The van der Waals surface area contributed by atoms with Gasteiger partial charge >= 0.3 is 18.5 Å². The van der Waals surface area contributed by atoms with Crippen LogP contribution in [0.4, 0.5) is 64.1 Å². The Labute approximate surface area is 253 Å². The van der Waals surface area contributed by atoms with E-state index in [1.807, 2.05) is 0 Å². The molecule has 4 amide bonds. The van der Waals surface area contributed by atoms with Gasteiger partial charge in [-0.05, 0) is 36.4 Å². The largest absolute Gasteiger partial charge is 0.456 e. The van der Waals surface area contributed by atoms with Gasteiger partial charge in [-0.25, -0.2) is 23.0 Å². The molecule has 0 saturated heterocycles. The second-order valence-electron chi connectivity index (χ2n) is 9.47. The second kappa shape index (κ2) is 12.3. The maximum atomic E-state index is 14.5. The molecule has 0 aromatic heterocycles. The van der Waals surface area contributed by atoms with Gasteiger partial charge in [0.2, 0.25) is 12.3 Å². The number of benzene rings is 2. The summed E-state index contributed by atoms with van der Waals surface area (Å²) in [5.41, 5.74) is -5.61. The van der Waals surface area contributed by atoms with E-state index in [1.54, 1.807) is 0 Å². The summed E-state index contributed by atoms with van der Waals surface area (Å²) in [5.74, 6) is -7.90. The molecule has 4 rings (SSSR count). The number of hydrogen-bond donors (Lipinski definition) is 0. The highest BCUT2D eigenvalue weighted by Crippen LogP contribution is 2.43. The highest BCUT2D eigenvalue weighted by Gasteiger charge is 2.54. The third-order valence-electron chi connectivity index (χ3n) is 6.31. The molecule has 252 valence electrons. The van der Waals surface area contributed by atoms with Gasteiger partial charge in [0.1, 0.15) is 11.5 Å². The molecule has 2 aliphatic rings. The Morgan fingerprint density at radius 1 is 0.553 bits per heavy atom. The number of rotatable bonds is 10. The lowest BCUT2D eigenvalue weighted by atomic mass is 10.1. The van der Waals surface area contributed by atoms with Crippen LogP contribution in [0.1, 0.15) is 11.1 Å². The molecule has 0 bridgehead atoms. The number of nitrogens with zero attached hydrogens (tertiary/aromatic N) is 2. The van der Waals surface area contributed by atoms with Crippen molar-refractivity contribution in [2.24, 2.45) is 0 Å². The van der Waals surface area contributed by atoms with Crippen molar-refractivity contribution in [1.29, 1.82) is 0 Å². The summed E-state index contributed by atoms with van der Waals surface area (Å²) in [4.78, 5) is 47.5. The fourth-order valence-corrected chi connectivity index (χ4v) is 4.14. The predicted molar refractivity (Wildman–Crippen MR) is 132 cm³/mol. The Morgan fingerprint density at radius 3 is 1.34 bits per heavy atom. The van der Waals surface area contributed by atoms with Gasteiger partial charge < -0.3 is 9.47 Å². The van der Waals surface area contributed by atoms with Crippen LogP contribution in [0.3, 0.4) is 0 Å². The molecular weight excluding hydrogens is 676 g/mol. The third kappa shape index (κ3) is 7.04. The number of hydrogen-bond acceptors (Lipinski definition) is 6. The number of ether oxygens (including phenoxy) is 2. The normalized spacial score (nSPS) is 18.2. The first-order chi connectivity index (χ1) is 21.6. The van der Waals surface area contributed by atoms with Crippen molar-refractivity contribution in [3.8, 4) is 11.5 Å². The van der Waals surface area contributed by atoms with Crippen molar-refractivity contribution in [1.82, 2.24) is 0 Å². The predicted octanol–water partition coefficient (Wildman–Crippen LogP) is 5.94. The van der Waals surface area contributed by atoms with Crippen LogP contribution < -0.4 is 19.3 Å². The molecule has 2 aromatic carbocycles. The van der Waals surface area contributed by atoms with E-state index < -0.39 is 101 Å². The van der Waals surface area contributed by atoms with E-state index in [0.717, 1.165) is 0 Å². The van der Waals surface area contributed by atoms with Crippen LogP contribution in [0, 0.1) is 0 Å². The molecule has 0 fully saturated rings. The molecule has 47 heavy (non-hydrogen) atoms. The molecular formula is C27H14F12N2O6. The summed E-state index contributed by atoms with van der Waals surface area (Å²) in [7, 11) is 0. The van der Waals surface area contributed by atoms with Gasteiger partial charge in [-0.15, -0.1) is 0 Å². The van der Waals surface area contributed by atoms with Gasteiger partial charge in [-0.3, -0.25) is 19.2 Å². The Morgan fingerprint density at radius 2 is 0.936 bits per heavy atom. The van der Waals surface area contributed by atoms with E-state index >= 15 is 0 Å². The van der Waals surface area contributed by atoms with Crippen LogP contribution in [-0.2, 0) is 31.5 Å². The monoisotopic (exact) mass is 690 g/mol. The zero-order valence-corrected chi connectivity index (χ0v) is 22.5. The minimum absolute atomic E-state index is 0.0205. The van der Waals surface area contributed by atoms with Crippen molar-refractivity contribution in [2.75, 3.05) is 9.80 Å². The van der Waals surface area contributed by atoms with E-state index in [1.165, 1.54) is 0 Å². The first-order valence-electron chi connectivity index (χ1n) is 12.5. The SMILES string of the molecule is O=C1C=CC(=O)N1c1ccc(OC(F)C(F)C(F)C(F)C(F)(F)Oc2ccc(N3C(=O)C=CC3=O)cc2C(F)(F)F)c(C(F)(F)F)c1. The summed E-state index contributed by atoms with van der Waals surface area (Å²) in [6.07, 6.45) is -31.0. The Bertz CT molecular complexity index is 1640. The van der Waals surface area contributed by atoms with Crippen molar-refractivity contribution in [3.05, 3.63) is 71.8 Å². The number of alkyl halides is 12. The molecule has 2 aliphatic heterocycles. The second-order valence-corrected chi connectivity index (χ2v) is 9.47. The Kier molecular flexibility index (Phi) is 9.10. The minimum Gasteiger partial charge on any atom is -0.456 e. The first kappa shape index (κ1) is 34.8. The molecule has 0 N–H and O–H groups in total. The molecule has 20 heteroatoms. The maximum absolute atomic E-state index is 14.5. The molecule has 4 unspecified atom stereocenters. The summed E-state index contributed by atoms with van der Waals surface area (Å²) in [6.45, 7) is 0. The standard InChI is InChI=1S/C27H14F12N2O6/c28-21(22(29)24(31)46-15-3-1-11(9-13(15)25(32,33)34)40-17(42)5-6-18(40)43)23(30)27(38,39)47-16-4-2-12(10-14(16)26(35,36)37)41-19(44)7-8-20(41)45/h1-10,21-24H. The van der Waals surface area contributed by atoms with Crippen LogP contribution in [0.25, 0.3) is 0 Å². The van der Waals surface area contributed by atoms with Crippen LogP contribution in [0.15, 0.2) is 60.7 Å². The molecule has 8 nitrogen and oxygen atoms in total. The number of carbonyl (C=O) groups is 4. The van der Waals surface area contributed by atoms with Gasteiger partial charge in [0.15, 0.2) is 6.17 Å². The zero-order chi connectivity index (χ0) is 35.2. The maximum Gasteiger partial charge on any atom is 0.433 e. The highest BCUT2D eigenvalue weighted by molar-refractivity contribution is 6.28. The Balaban J connectivity index is 1.53. The average molecular weight is 690 g/mol. The van der Waals surface area contributed by atoms with Crippen molar-refractivity contribution in [2.45, 2.75) is 43.3 Å². The smallest absolute Gasteiger partial charge is 0.433 e. The number of carbonyl (C=O) groups excluding carboxylic acids is 4. The average Bonchev–Trinajstić information content (AvgIpc) is 3.49. The lowest BCUT2D eigenvalue weighted by molar-refractivity contribution is -0.243. The van der Waals surface area contributed by atoms with Crippen LogP contribution in [0.5, 0.6) is 11.5 Å². The third-order valence-corrected chi connectivity index (χ3v) is 6.31. The summed E-state index contributed by atoms with van der Waals surface area (Å²) >= 11 is 0. The van der Waals surface area contributed by atoms with Gasteiger partial charge in [-0.1, -0.05) is 0 Å². The van der Waals surface area contributed by atoms with Gasteiger partial charge in [0, 0.05) is 24.3 Å². The first-order valence-corrected chi connectivity index (χ1v) is 12.5. The van der Waals surface area contributed by atoms with Crippen LogP contribution >= 0.6 is 0 Å². The van der Waals surface area contributed by atoms with Crippen LogP contribution in [-0.4, -0.2) is 54.6 Å². The molecule has 0 spiro atoms. The van der Waals surface area contributed by atoms with Crippen molar-refractivity contribution >= 4 is 35.0 Å². The lowest BCUT2D eigenvalue weighted by Crippen LogP contribution is -2.48. The van der Waals surface area contributed by atoms with Gasteiger partial charge in [-0.2, -0.15) is 39.5 Å². The summed E-state index contributed by atoms with van der Waals surface area (Å²) < 4.78 is 176. The fraction of sp³-hybridized carbons (Fsp3) is 0.259. The van der Waals surface area contributed by atoms with E-state index in [-0.39, 0.29) is 34.1 Å². The van der Waals surface area contributed by atoms with Gasteiger partial charge in [0.05, 0.1) is 22.5 Å².